The number of aromatic nitrogens is 1. The normalized spacial score (nSPS) is 13.5. The summed E-state index contributed by atoms with van der Waals surface area (Å²) in [6.45, 7) is 0.489. The lowest BCUT2D eigenvalue weighted by molar-refractivity contribution is -0.116. The van der Waals surface area contributed by atoms with Crippen molar-refractivity contribution in [3.63, 3.8) is 0 Å². The van der Waals surface area contributed by atoms with Crippen molar-refractivity contribution >= 4 is 23.2 Å². The number of carbonyl (C=O) groups excluding carboxylic acids is 2. The molecule has 1 aliphatic rings. The minimum atomic E-state index is -0.314. The van der Waals surface area contributed by atoms with Gasteiger partial charge in [0.15, 0.2) is 5.69 Å². The molecule has 0 radical (unpaired) electrons. The Kier molecular flexibility index (Phi) is 4.90. The molecule has 1 aromatic carbocycles. The number of nitrogens with one attached hydrogen (secondary N) is 2. The number of hydrogen-bond acceptors (Lipinski definition) is 5. The lowest BCUT2D eigenvalue weighted by Gasteiger charge is -2.07. The highest BCUT2D eigenvalue weighted by molar-refractivity contribution is 6.03. The van der Waals surface area contributed by atoms with Gasteiger partial charge in [-0.1, -0.05) is 5.16 Å². The number of nitrogens with zero attached hydrogens (tertiary/aromatic N) is 1. The van der Waals surface area contributed by atoms with Gasteiger partial charge >= 0.3 is 0 Å². The molecule has 1 saturated carbocycles. The predicted octanol–water partition coefficient (Wildman–Crippen LogP) is 2.48. The Bertz CT molecular complexity index is 720. The number of benzene rings is 1. The van der Waals surface area contributed by atoms with Gasteiger partial charge in [-0.3, -0.25) is 9.59 Å². The lowest BCUT2D eigenvalue weighted by Crippen LogP contribution is -2.14. The minimum Gasteiger partial charge on any atom is -0.360 e. The van der Waals surface area contributed by atoms with Gasteiger partial charge in [0.1, 0.15) is 5.76 Å². The first kappa shape index (κ1) is 16.2. The molecule has 0 bridgehead atoms. The first-order chi connectivity index (χ1) is 11.7. The van der Waals surface area contributed by atoms with Crippen molar-refractivity contribution in [3.05, 3.63) is 41.8 Å². The number of rotatable bonds is 7. The van der Waals surface area contributed by atoms with Crippen LogP contribution in [0.5, 0.6) is 0 Å². The van der Waals surface area contributed by atoms with E-state index in [0.29, 0.717) is 36.7 Å². The molecule has 2 aromatic rings. The number of amides is 2. The molecule has 0 atom stereocenters. The van der Waals surface area contributed by atoms with Gasteiger partial charge in [0, 0.05) is 29.8 Å². The van der Waals surface area contributed by atoms with Crippen molar-refractivity contribution < 1.29 is 14.1 Å². The molecule has 24 heavy (non-hydrogen) atoms. The topological polar surface area (TPSA) is 110 Å². The molecule has 1 heterocycles. The second-order valence-corrected chi connectivity index (χ2v) is 5.86. The summed E-state index contributed by atoms with van der Waals surface area (Å²) in [5.74, 6) is 0.801. The monoisotopic (exact) mass is 328 g/mol. The Labute approximate surface area is 139 Å². The van der Waals surface area contributed by atoms with Crippen LogP contribution < -0.4 is 16.4 Å². The Morgan fingerprint density at radius 1 is 1.17 bits per heavy atom. The fraction of sp³-hybridized carbons (Fsp3) is 0.353. The molecular weight excluding hydrogens is 308 g/mol. The van der Waals surface area contributed by atoms with E-state index in [1.165, 1.54) is 0 Å². The summed E-state index contributed by atoms with van der Waals surface area (Å²) in [5.41, 5.74) is 6.94. The van der Waals surface area contributed by atoms with Crippen LogP contribution >= 0.6 is 0 Å². The quantitative estimate of drug-likeness (QED) is 0.723. The maximum absolute atomic E-state index is 12.1. The van der Waals surface area contributed by atoms with Gasteiger partial charge in [0.2, 0.25) is 5.91 Å². The van der Waals surface area contributed by atoms with E-state index >= 15 is 0 Å². The average molecular weight is 328 g/mol. The van der Waals surface area contributed by atoms with E-state index in [0.717, 1.165) is 18.6 Å². The highest BCUT2D eigenvalue weighted by Crippen LogP contribution is 2.40. The zero-order valence-corrected chi connectivity index (χ0v) is 13.2. The second kappa shape index (κ2) is 7.27. The van der Waals surface area contributed by atoms with E-state index in [-0.39, 0.29) is 17.5 Å². The zero-order chi connectivity index (χ0) is 16.9. The number of nitrogens with two attached hydrogens (primary N) is 1. The standard InChI is InChI=1S/C17H20N4O3/c18-9-1-2-16(22)19-12-5-7-13(8-6-12)20-17(23)14-10-15(24-21-14)11-3-4-11/h5-8,10-11H,1-4,9,18H2,(H,19,22)(H,20,23). The van der Waals surface area contributed by atoms with Crippen LogP contribution in [0.2, 0.25) is 0 Å². The van der Waals surface area contributed by atoms with Crippen molar-refractivity contribution in [3.8, 4) is 0 Å². The van der Waals surface area contributed by atoms with E-state index in [1.807, 2.05) is 0 Å². The molecule has 7 nitrogen and oxygen atoms in total. The third-order valence-electron chi connectivity index (χ3n) is 3.78. The van der Waals surface area contributed by atoms with Gasteiger partial charge in [0.25, 0.3) is 5.91 Å². The molecule has 1 aromatic heterocycles. The Morgan fingerprint density at radius 3 is 2.46 bits per heavy atom. The van der Waals surface area contributed by atoms with E-state index in [1.54, 1.807) is 30.3 Å². The molecule has 0 unspecified atom stereocenters. The zero-order valence-electron chi connectivity index (χ0n) is 13.2. The summed E-state index contributed by atoms with van der Waals surface area (Å²) in [4.78, 5) is 23.8. The van der Waals surface area contributed by atoms with Crippen LogP contribution in [0.3, 0.4) is 0 Å². The summed E-state index contributed by atoms with van der Waals surface area (Å²) in [5, 5.41) is 9.34. The molecule has 4 N–H and O–H groups in total. The summed E-state index contributed by atoms with van der Waals surface area (Å²) >= 11 is 0. The molecule has 126 valence electrons. The highest BCUT2D eigenvalue weighted by atomic mass is 16.5. The van der Waals surface area contributed by atoms with Crippen LogP contribution in [0, 0.1) is 0 Å². The first-order valence-electron chi connectivity index (χ1n) is 8.03. The molecule has 1 fully saturated rings. The highest BCUT2D eigenvalue weighted by Gasteiger charge is 2.28. The number of anilines is 2. The first-order valence-corrected chi connectivity index (χ1v) is 8.03. The van der Waals surface area contributed by atoms with Gasteiger partial charge in [0.05, 0.1) is 0 Å². The largest absolute Gasteiger partial charge is 0.360 e. The smallest absolute Gasteiger partial charge is 0.277 e. The van der Waals surface area contributed by atoms with E-state index in [2.05, 4.69) is 15.8 Å². The predicted molar refractivity (Wildman–Crippen MR) is 89.8 cm³/mol. The van der Waals surface area contributed by atoms with Crippen LogP contribution in [0.25, 0.3) is 0 Å². The molecular formula is C17H20N4O3. The lowest BCUT2D eigenvalue weighted by atomic mass is 10.2. The van der Waals surface area contributed by atoms with Crippen molar-refractivity contribution in [1.82, 2.24) is 5.16 Å². The van der Waals surface area contributed by atoms with Crippen LogP contribution in [-0.2, 0) is 4.79 Å². The van der Waals surface area contributed by atoms with E-state index in [9.17, 15) is 9.59 Å². The average Bonchev–Trinajstić information content (AvgIpc) is 3.31. The minimum absolute atomic E-state index is 0.0764. The molecule has 0 aliphatic heterocycles. The fourth-order valence-corrected chi connectivity index (χ4v) is 2.27. The molecule has 7 heteroatoms. The van der Waals surface area contributed by atoms with Gasteiger partial charge in [-0.15, -0.1) is 0 Å². The van der Waals surface area contributed by atoms with E-state index in [4.69, 9.17) is 10.3 Å². The van der Waals surface area contributed by atoms with Gasteiger partial charge in [-0.25, -0.2) is 0 Å². The third kappa shape index (κ3) is 4.20. The van der Waals surface area contributed by atoms with Crippen molar-refractivity contribution in [1.29, 1.82) is 0 Å². The molecule has 2 amide bonds. The van der Waals surface area contributed by atoms with Crippen molar-refractivity contribution in [2.75, 3.05) is 17.2 Å². The number of hydrogen-bond donors (Lipinski definition) is 3. The molecule has 0 spiro atoms. The van der Waals surface area contributed by atoms with Gasteiger partial charge < -0.3 is 20.9 Å². The Morgan fingerprint density at radius 2 is 1.83 bits per heavy atom. The third-order valence-corrected chi connectivity index (χ3v) is 3.78. The molecule has 0 saturated heterocycles. The van der Waals surface area contributed by atoms with Crippen LogP contribution in [0.1, 0.15) is 47.8 Å². The second-order valence-electron chi connectivity index (χ2n) is 5.86. The summed E-state index contributed by atoms with van der Waals surface area (Å²) in [6.07, 6.45) is 3.23. The van der Waals surface area contributed by atoms with Gasteiger partial charge in [-0.2, -0.15) is 0 Å². The maximum Gasteiger partial charge on any atom is 0.277 e. The molecule has 3 rings (SSSR count). The van der Waals surface area contributed by atoms with Crippen LogP contribution in [0.15, 0.2) is 34.9 Å². The van der Waals surface area contributed by atoms with Crippen LogP contribution in [-0.4, -0.2) is 23.5 Å². The Balaban J connectivity index is 1.54. The SMILES string of the molecule is NCCCC(=O)Nc1ccc(NC(=O)c2cc(C3CC3)on2)cc1. The fourth-order valence-electron chi connectivity index (χ4n) is 2.27. The molecule has 1 aliphatic carbocycles. The maximum atomic E-state index is 12.1. The number of carbonyl (C=O) groups is 2. The van der Waals surface area contributed by atoms with Crippen molar-refractivity contribution in [2.45, 2.75) is 31.6 Å². The van der Waals surface area contributed by atoms with Crippen molar-refractivity contribution in [2.24, 2.45) is 5.73 Å². The Hall–Kier alpha value is -2.67. The summed E-state index contributed by atoms with van der Waals surface area (Å²) in [7, 11) is 0. The van der Waals surface area contributed by atoms with E-state index < -0.39 is 0 Å². The summed E-state index contributed by atoms with van der Waals surface area (Å²) in [6, 6.07) is 8.60. The van der Waals surface area contributed by atoms with Crippen LogP contribution in [0.4, 0.5) is 11.4 Å². The summed E-state index contributed by atoms with van der Waals surface area (Å²) < 4.78 is 5.18. The van der Waals surface area contributed by atoms with Gasteiger partial charge in [-0.05, 0) is 50.1 Å².